The molecule has 108 valence electrons. The van der Waals surface area contributed by atoms with E-state index in [1.807, 2.05) is 30.3 Å². The quantitative estimate of drug-likeness (QED) is 0.429. The van der Waals surface area contributed by atoms with Gasteiger partial charge in [-0.25, -0.2) is 0 Å². The zero-order chi connectivity index (χ0) is 15.5. The number of benzene rings is 3. The molecule has 0 aromatic heterocycles. The van der Waals surface area contributed by atoms with E-state index < -0.39 is 0 Å². The van der Waals surface area contributed by atoms with E-state index in [9.17, 15) is 15.0 Å². The second kappa shape index (κ2) is 5.74. The maximum absolute atomic E-state index is 12.4. The van der Waals surface area contributed by atoms with Crippen molar-refractivity contribution >= 4 is 22.3 Å². The maximum Gasteiger partial charge on any atom is 0.190 e. The number of aliphatic hydroxyl groups excluding tert-OH is 1. The zero-order valence-electron chi connectivity index (χ0n) is 11.7. The molecule has 0 spiro atoms. The summed E-state index contributed by atoms with van der Waals surface area (Å²) in [6.45, 7) is 0. The highest BCUT2D eigenvalue weighted by atomic mass is 16.3. The van der Waals surface area contributed by atoms with Crippen LogP contribution >= 0.6 is 0 Å². The first-order chi connectivity index (χ1) is 10.7. The number of aromatic hydroxyl groups is 1. The molecule has 3 aromatic rings. The Morgan fingerprint density at radius 3 is 2.27 bits per heavy atom. The molecular formula is C19H14O3. The number of para-hydroxylation sites is 1. The van der Waals surface area contributed by atoms with E-state index in [2.05, 4.69) is 0 Å². The van der Waals surface area contributed by atoms with Crippen molar-refractivity contribution in [3.05, 3.63) is 83.9 Å². The molecule has 0 fully saturated rings. The first-order valence-electron chi connectivity index (χ1n) is 6.88. The summed E-state index contributed by atoms with van der Waals surface area (Å²) in [7, 11) is 0. The minimum atomic E-state index is -0.308. The average Bonchev–Trinajstić information content (AvgIpc) is 2.54. The molecule has 0 aliphatic rings. The molecule has 3 aromatic carbocycles. The van der Waals surface area contributed by atoms with E-state index in [4.69, 9.17) is 0 Å². The number of phenols is 1. The van der Waals surface area contributed by atoms with Gasteiger partial charge in [-0.15, -0.1) is 0 Å². The van der Waals surface area contributed by atoms with Gasteiger partial charge in [0.15, 0.2) is 5.78 Å². The van der Waals surface area contributed by atoms with Crippen LogP contribution in [-0.2, 0) is 0 Å². The lowest BCUT2D eigenvalue weighted by Crippen LogP contribution is -1.98. The van der Waals surface area contributed by atoms with Gasteiger partial charge in [-0.3, -0.25) is 4.79 Å². The Morgan fingerprint density at radius 1 is 0.818 bits per heavy atom. The molecule has 0 aliphatic carbocycles. The van der Waals surface area contributed by atoms with E-state index in [-0.39, 0.29) is 22.9 Å². The van der Waals surface area contributed by atoms with Crippen molar-refractivity contribution in [2.24, 2.45) is 0 Å². The number of ketones is 1. The number of hydrogen-bond donors (Lipinski definition) is 2. The van der Waals surface area contributed by atoms with Crippen molar-refractivity contribution in [2.75, 3.05) is 0 Å². The smallest absolute Gasteiger partial charge is 0.190 e. The van der Waals surface area contributed by atoms with E-state index >= 15 is 0 Å². The van der Waals surface area contributed by atoms with Crippen LogP contribution in [-0.4, -0.2) is 16.0 Å². The van der Waals surface area contributed by atoms with Gasteiger partial charge >= 0.3 is 0 Å². The molecule has 0 atom stereocenters. The highest BCUT2D eigenvalue weighted by Gasteiger charge is 2.11. The van der Waals surface area contributed by atoms with Crippen LogP contribution in [0.4, 0.5) is 0 Å². The standard InChI is InChI=1S/C19H14O3/c20-17-11-4-3-9-16(17)19(22)12-18(21)15-10-5-7-13-6-1-2-8-14(13)15/h1-12,20,22H/b19-12-. The topological polar surface area (TPSA) is 57.5 Å². The van der Waals surface area contributed by atoms with Crippen molar-refractivity contribution in [2.45, 2.75) is 0 Å². The van der Waals surface area contributed by atoms with Crippen LogP contribution < -0.4 is 0 Å². The third-order valence-electron chi connectivity index (χ3n) is 3.50. The van der Waals surface area contributed by atoms with E-state index in [1.165, 1.54) is 6.07 Å². The van der Waals surface area contributed by atoms with Gasteiger partial charge in [0.2, 0.25) is 0 Å². The Morgan fingerprint density at radius 2 is 1.45 bits per heavy atom. The number of allylic oxidation sites excluding steroid dienone is 1. The molecule has 3 nitrogen and oxygen atoms in total. The lowest BCUT2D eigenvalue weighted by Gasteiger charge is -2.05. The van der Waals surface area contributed by atoms with Crippen molar-refractivity contribution in [1.29, 1.82) is 0 Å². The number of carbonyl (C=O) groups is 1. The van der Waals surface area contributed by atoms with Gasteiger partial charge in [0, 0.05) is 11.6 Å². The predicted molar refractivity (Wildman–Crippen MR) is 87.0 cm³/mol. The van der Waals surface area contributed by atoms with E-state index in [0.717, 1.165) is 16.8 Å². The molecule has 3 heteroatoms. The second-order valence-corrected chi connectivity index (χ2v) is 4.94. The monoisotopic (exact) mass is 290 g/mol. The molecule has 0 unspecified atom stereocenters. The minimum Gasteiger partial charge on any atom is -0.507 e. The van der Waals surface area contributed by atoms with Gasteiger partial charge in [0.25, 0.3) is 0 Å². The molecule has 0 saturated heterocycles. The molecule has 0 saturated carbocycles. The summed E-state index contributed by atoms with van der Waals surface area (Å²) in [5, 5.41) is 21.6. The average molecular weight is 290 g/mol. The molecular weight excluding hydrogens is 276 g/mol. The summed E-state index contributed by atoms with van der Waals surface area (Å²) in [5.74, 6) is -0.629. The highest BCUT2D eigenvalue weighted by molar-refractivity contribution is 6.15. The summed E-state index contributed by atoms with van der Waals surface area (Å²) < 4.78 is 0. The molecule has 0 amide bonds. The number of aliphatic hydroxyl groups is 1. The third-order valence-corrected chi connectivity index (χ3v) is 3.50. The van der Waals surface area contributed by atoms with Crippen LogP contribution in [0, 0.1) is 0 Å². The molecule has 0 bridgehead atoms. The lowest BCUT2D eigenvalue weighted by atomic mass is 10.0. The number of rotatable bonds is 3. The SMILES string of the molecule is O=C(/C=C(\O)c1ccccc1O)c1cccc2ccccc12. The lowest BCUT2D eigenvalue weighted by molar-refractivity contribution is 0.104. The van der Waals surface area contributed by atoms with Gasteiger partial charge in [-0.2, -0.15) is 0 Å². The van der Waals surface area contributed by atoms with Crippen LogP contribution in [0.15, 0.2) is 72.8 Å². The fourth-order valence-electron chi connectivity index (χ4n) is 2.41. The summed E-state index contributed by atoms with van der Waals surface area (Å²) in [4.78, 5) is 12.4. The summed E-state index contributed by atoms with van der Waals surface area (Å²) >= 11 is 0. The summed E-state index contributed by atoms with van der Waals surface area (Å²) in [6.07, 6.45) is 1.14. The fourth-order valence-corrected chi connectivity index (χ4v) is 2.41. The van der Waals surface area contributed by atoms with Crippen LogP contribution in [0.25, 0.3) is 16.5 Å². The summed E-state index contributed by atoms with van der Waals surface area (Å²) in [5.41, 5.74) is 0.746. The third kappa shape index (κ3) is 2.56. The Hall–Kier alpha value is -3.07. The highest BCUT2D eigenvalue weighted by Crippen LogP contribution is 2.24. The van der Waals surface area contributed by atoms with Crippen LogP contribution in [0.5, 0.6) is 5.75 Å². The van der Waals surface area contributed by atoms with Crippen molar-refractivity contribution in [3.63, 3.8) is 0 Å². The molecule has 0 heterocycles. The summed E-state index contributed by atoms with van der Waals surface area (Å²) in [6, 6.07) is 19.4. The first kappa shape index (κ1) is 13.9. The van der Waals surface area contributed by atoms with Gasteiger partial charge < -0.3 is 10.2 Å². The van der Waals surface area contributed by atoms with Crippen molar-refractivity contribution in [1.82, 2.24) is 0 Å². The molecule has 22 heavy (non-hydrogen) atoms. The molecule has 0 radical (unpaired) electrons. The first-order valence-corrected chi connectivity index (χ1v) is 6.88. The Bertz CT molecular complexity index is 873. The fraction of sp³-hybridized carbons (Fsp3) is 0. The zero-order valence-corrected chi connectivity index (χ0v) is 11.7. The van der Waals surface area contributed by atoms with Crippen LogP contribution in [0.2, 0.25) is 0 Å². The number of fused-ring (bicyclic) bond motifs is 1. The normalized spacial score (nSPS) is 11.5. The maximum atomic E-state index is 12.4. The molecule has 2 N–H and O–H groups in total. The van der Waals surface area contributed by atoms with Crippen LogP contribution in [0.1, 0.15) is 15.9 Å². The van der Waals surface area contributed by atoms with E-state index in [1.54, 1.807) is 30.3 Å². The van der Waals surface area contributed by atoms with Crippen molar-refractivity contribution in [3.8, 4) is 5.75 Å². The van der Waals surface area contributed by atoms with Crippen molar-refractivity contribution < 1.29 is 15.0 Å². The van der Waals surface area contributed by atoms with Gasteiger partial charge in [0.1, 0.15) is 11.5 Å². The Balaban J connectivity index is 2.04. The molecule has 0 aliphatic heterocycles. The van der Waals surface area contributed by atoms with Gasteiger partial charge in [0.05, 0.1) is 5.56 Å². The Kier molecular flexibility index (Phi) is 3.62. The predicted octanol–water partition coefficient (Wildman–Crippen LogP) is 4.33. The number of hydrogen-bond acceptors (Lipinski definition) is 3. The van der Waals surface area contributed by atoms with E-state index in [0.29, 0.717) is 5.56 Å². The second-order valence-electron chi connectivity index (χ2n) is 4.94. The minimum absolute atomic E-state index is 0.0676. The number of carbonyl (C=O) groups excluding carboxylic acids is 1. The van der Waals surface area contributed by atoms with Gasteiger partial charge in [-0.1, -0.05) is 54.6 Å². The van der Waals surface area contributed by atoms with Crippen LogP contribution in [0.3, 0.4) is 0 Å². The number of phenolic OH excluding ortho intramolecular Hbond substituents is 1. The van der Waals surface area contributed by atoms with Gasteiger partial charge in [-0.05, 0) is 22.9 Å². The molecule has 3 rings (SSSR count). The Labute approximate surface area is 127 Å². The largest absolute Gasteiger partial charge is 0.507 e.